The van der Waals surface area contributed by atoms with Crippen molar-refractivity contribution in [3.63, 3.8) is 0 Å². The van der Waals surface area contributed by atoms with E-state index in [9.17, 15) is 14.9 Å². The molecular formula is C31H32N4O5. The van der Waals surface area contributed by atoms with E-state index in [-0.39, 0.29) is 11.6 Å². The third-order valence-corrected chi connectivity index (χ3v) is 7.03. The standard InChI is InChI=1S/C31H32N4O5/c1-39-28-9-5-8-25(20-28)22-32(21-24-6-3-2-4-7-24)23-29-14-15-30(40-29)31(36)34-18-16-33(17-19-34)26-10-12-27(13-11-26)35(37)38/h2-15,20H,16-19,21-23H2,1H3. The maximum atomic E-state index is 13.2. The first kappa shape index (κ1) is 27.0. The third kappa shape index (κ3) is 6.68. The monoisotopic (exact) mass is 540 g/mol. The van der Waals surface area contributed by atoms with Crippen molar-refractivity contribution in [2.24, 2.45) is 0 Å². The molecule has 206 valence electrons. The van der Waals surface area contributed by atoms with E-state index in [1.165, 1.54) is 17.7 Å². The van der Waals surface area contributed by atoms with E-state index >= 15 is 0 Å². The van der Waals surface area contributed by atoms with Crippen molar-refractivity contribution in [2.45, 2.75) is 19.6 Å². The van der Waals surface area contributed by atoms with Crippen LogP contribution in [0, 0.1) is 10.1 Å². The summed E-state index contributed by atoms with van der Waals surface area (Å²) in [5, 5.41) is 10.9. The van der Waals surface area contributed by atoms with Gasteiger partial charge in [0.15, 0.2) is 5.76 Å². The molecule has 1 amide bonds. The van der Waals surface area contributed by atoms with Crippen LogP contribution in [0.3, 0.4) is 0 Å². The molecule has 2 heterocycles. The molecule has 9 nitrogen and oxygen atoms in total. The Morgan fingerprint density at radius 1 is 0.875 bits per heavy atom. The maximum absolute atomic E-state index is 13.2. The van der Waals surface area contributed by atoms with E-state index in [1.807, 2.05) is 42.5 Å². The van der Waals surface area contributed by atoms with Crippen LogP contribution >= 0.6 is 0 Å². The Morgan fingerprint density at radius 3 is 2.27 bits per heavy atom. The SMILES string of the molecule is COc1cccc(CN(Cc2ccccc2)Cc2ccc(C(=O)N3CCN(c4ccc([N+](=O)[O-])cc4)CC3)o2)c1. The van der Waals surface area contributed by atoms with Gasteiger partial charge in [0.05, 0.1) is 18.6 Å². The normalized spacial score (nSPS) is 13.4. The number of piperazine rings is 1. The number of ether oxygens (including phenoxy) is 1. The fourth-order valence-corrected chi connectivity index (χ4v) is 4.95. The first-order valence-electron chi connectivity index (χ1n) is 13.2. The van der Waals surface area contributed by atoms with Crippen molar-refractivity contribution in [3.05, 3.63) is 124 Å². The quantitative estimate of drug-likeness (QED) is 0.197. The number of nitro benzene ring substituents is 1. The Hall–Kier alpha value is -4.63. The van der Waals surface area contributed by atoms with Gasteiger partial charge in [0.1, 0.15) is 11.5 Å². The number of benzene rings is 3. The Kier molecular flexibility index (Phi) is 8.41. The summed E-state index contributed by atoms with van der Waals surface area (Å²) >= 11 is 0. The van der Waals surface area contributed by atoms with Gasteiger partial charge in [-0.15, -0.1) is 0 Å². The van der Waals surface area contributed by atoms with Crippen molar-refractivity contribution in [3.8, 4) is 5.75 Å². The highest BCUT2D eigenvalue weighted by molar-refractivity contribution is 5.91. The van der Waals surface area contributed by atoms with Gasteiger partial charge in [-0.2, -0.15) is 0 Å². The number of methoxy groups -OCH3 is 1. The summed E-state index contributed by atoms with van der Waals surface area (Å²) < 4.78 is 11.5. The number of anilines is 1. The predicted molar refractivity (Wildman–Crippen MR) is 152 cm³/mol. The number of furan rings is 1. The lowest BCUT2D eigenvalue weighted by molar-refractivity contribution is -0.384. The minimum absolute atomic E-state index is 0.0667. The van der Waals surface area contributed by atoms with Crippen LogP contribution in [0.5, 0.6) is 5.75 Å². The molecule has 0 spiro atoms. The van der Waals surface area contributed by atoms with Crippen LogP contribution in [0.15, 0.2) is 95.4 Å². The highest BCUT2D eigenvalue weighted by Gasteiger charge is 2.25. The summed E-state index contributed by atoms with van der Waals surface area (Å²) in [7, 11) is 1.66. The molecule has 1 aliphatic rings. The lowest BCUT2D eigenvalue weighted by Gasteiger charge is -2.35. The summed E-state index contributed by atoms with van der Waals surface area (Å²) in [6.07, 6.45) is 0. The summed E-state index contributed by atoms with van der Waals surface area (Å²) in [4.78, 5) is 29.9. The molecule has 3 aromatic carbocycles. The number of nitro groups is 1. The molecule has 0 unspecified atom stereocenters. The van der Waals surface area contributed by atoms with Crippen molar-refractivity contribution < 1.29 is 18.9 Å². The van der Waals surface area contributed by atoms with Crippen molar-refractivity contribution in [2.75, 3.05) is 38.2 Å². The molecule has 4 aromatic rings. The highest BCUT2D eigenvalue weighted by atomic mass is 16.6. The Morgan fingerprint density at radius 2 is 1.57 bits per heavy atom. The van der Waals surface area contributed by atoms with E-state index in [2.05, 4.69) is 28.0 Å². The molecular weight excluding hydrogens is 508 g/mol. The number of non-ortho nitro benzene ring substituents is 1. The molecule has 0 bridgehead atoms. The van der Waals surface area contributed by atoms with Crippen LogP contribution in [-0.4, -0.2) is 53.9 Å². The molecule has 9 heteroatoms. The van der Waals surface area contributed by atoms with Crippen LogP contribution in [0.25, 0.3) is 0 Å². The highest BCUT2D eigenvalue weighted by Crippen LogP contribution is 2.23. The topological polar surface area (TPSA) is 92.3 Å². The van der Waals surface area contributed by atoms with E-state index < -0.39 is 4.92 Å². The second kappa shape index (κ2) is 12.5. The Balaban J connectivity index is 1.22. The van der Waals surface area contributed by atoms with Gasteiger partial charge >= 0.3 is 0 Å². The van der Waals surface area contributed by atoms with Crippen LogP contribution < -0.4 is 9.64 Å². The molecule has 0 aliphatic carbocycles. The van der Waals surface area contributed by atoms with E-state index in [4.69, 9.17) is 9.15 Å². The molecule has 0 atom stereocenters. The van der Waals surface area contributed by atoms with Gasteiger partial charge < -0.3 is 19.0 Å². The predicted octanol–water partition coefficient (Wildman–Crippen LogP) is 5.36. The summed E-state index contributed by atoms with van der Waals surface area (Å²) in [5.41, 5.74) is 3.30. The molecule has 0 radical (unpaired) electrons. The minimum Gasteiger partial charge on any atom is -0.497 e. The number of amides is 1. The molecule has 1 aromatic heterocycles. The lowest BCUT2D eigenvalue weighted by atomic mass is 10.1. The molecule has 1 aliphatic heterocycles. The molecule has 5 rings (SSSR count). The summed E-state index contributed by atoms with van der Waals surface area (Å²) in [5.74, 6) is 1.75. The number of hydrogen-bond donors (Lipinski definition) is 0. The zero-order valence-corrected chi connectivity index (χ0v) is 22.4. The van der Waals surface area contributed by atoms with Gasteiger partial charge in [-0.05, 0) is 47.5 Å². The maximum Gasteiger partial charge on any atom is 0.289 e. The van der Waals surface area contributed by atoms with Gasteiger partial charge in [0.2, 0.25) is 0 Å². The van der Waals surface area contributed by atoms with Crippen LogP contribution in [-0.2, 0) is 19.6 Å². The average Bonchev–Trinajstić information content (AvgIpc) is 3.46. The van der Waals surface area contributed by atoms with E-state index in [0.29, 0.717) is 45.0 Å². The van der Waals surface area contributed by atoms with Crippen molar-refractivity contribution in [1.29, 1.82) is 0 Å². The number of rotatable bonds is 10. The second-order valence-electron chi connectivity index (χ2n) is 9.80. The lowest BCUT2D eigenvalue weighted by Crippen LogP contribution is -2.48. The van der Waals surface area contributed by atoms with Gasteiger partial charge in [0.25, 0.3) is 11.6 Å². The largest absolute Gasteiger partial charge is 0.497 e. The smallest absolute Gasteiger partial charge is 0.289 e. The van der Waals surface area contributed by atoms with Gasteiger partial charge in [-0.3, -0.25) is 19.8 Å². The zero-order chi connectivity index (χ0) is 27.9. The van der Waals surface area contributed by atoms with Crippen LogP contribution in [0.2, 0.25) is 0 Å². The van der Waals surface area contributed by atoms with Crippen molar-refractivity contribution >= 4 is 17.3 Å². The molecule has 1 saturated heterocycles. The van der Waals surface area contributed by atoms with Gasteiger partial charge in [-0.25, -0.2) is 0 Å². The van der Waals surface area contributed by atoms with Crippen molar-refractivity contribution in [1.82, 2.24) is 9.80 Å². The summed E-state index contributed by atoms with van der Waals surface area (Å²) in [6, 6.07) is 28.5. The first-order chi connectivity index (χ1) is 19.5. The molecule has 0 N–H and O–H groups in total. The summed E-state index contributed by atoms with van der Waals surface area (Å²) in [6.45, 7) is 4.34. The fourth-order valence-electron chi connectivity index (χ4n) is 4.95. The first-order valence-corrected chi connectivity index (χ1v) is 13.2. The third-order valence-electron chi connectivity index (χ3n) is 7.03. The Bertz CT molecular complexity index is 1430. The van der Waals surface area contributed by atoms with Crippen LogP contribution in [0.1, 0.15) is 27.4 Å². The van der Waals surface area contributed by atoms with E-state index in [1.54, 1.807) is 30.2 Å². The molecule has 40 heavy (non-hydrogen) atoms. The second-order valence-corrected chi connectivity index (χ2v) is 9.80. The number of carbonyl (C=O) groups excluding carboxylic acids is 1. The minimum atomic E-state index is -0.405. The average molecular weight is 541 g/mol. The van der Waals surface area contributed by atoms with Crippen LogP contribution in [0.4, 0.5) is 11.4 Å². The fraction of sp³-hybridized carbons (Fsp3) is 0.258. The zero-order valence-electron chi connectivity index (χ0n) is 22.4. The van der Waals surface area contributed by atoms with Gasteiger partial charge in [0, 0.05) is 57.1 Å². The van der Waals surface area contributed by atoms with E-state index in [0.717, 1.165) is 29.3 Å². The number of nitrogens with zero attached hydrogens (tertiary/aromatic N) is 4. The number of hydrogen-bond acceptors (Lipinski definition) is 7. The van der Waals surface area contributed by atoms with Gasteiger partial charge in [-0.1, -0.05) is 42.5 Å². The number of carbonyl (C=O) groups is 1. The Labute approximate surface area is 233 Å². The molecule has 0 saturated carbocycles. The molecule has 1 fully saturated rings.